The molecule has 0 unspecified atom stereocenters. The molecule has 0 heterocycles. The molecule has 0 saturated heterocycles. The Labute approximate surface area is 137 Å². The first kappa shape index (κ1) is 20.7. The van der Waals surface area contributed by atoms with Crippen molar-refractivity contribution in [3.05, 3.63) is 36.5 Å². The summed E-state index contributed by atoms with van der Waals surface area (Å²) in [4.78, 5) is 10.3. The minimum atomic E-state index is -0.751. The summed E-state index contributed by atoms with van der Waals surface area (Å²) < 4.78 is 0. The monoisotopic (exact) mass is 306 g/mol. The molecule has 2 nitrogen and oxygen atoms in total. The van der Waals surface area contributed by atoms with Gasteiger partial charge in [0.25, 0.3) is 0 Å². The Morgan fingerprint density at radius 1 is 0.727 bits per heavy atom. The normalized spacial score (nSPS) is 12.0. The molecular formula is C20H34O2. The van der Waals surface area contributed by atoms with E-state index in [0.717, 1.165) is 12.8 Å². The van der Waals surface area contributed by atoms with Crippen LogP contribution in [-0.2, 0) is 4.79 Å². The van der Waals surface area contributed by atoms with Crippen LogP contribution in [0.1, 0.15) is 84.0 Å². The third-order valence-electron chi connectivity index (χ3n) is 3.53. The molecule has 2 heteroatoms. The zero-order valence-electron chi connectivity index (χ0n) is 14.3. The smallest absolute Gasteiger partial charge is 0.307 e. The predicted molar refractivity (Wildman–Crippen MR) is 96.1 cm³/mol. The molecule has 0 aliphatic carbocycles. The average Bonchev–Trinajstić information content (AvgIpc) is 2.50. The molecule has 0 aromatic heterocycles. The summed E-state index contributed by atoms with van der Waals surface area (Å²) in [6.07, 6.45) is 26.4. The fourth-order valence-electron chi connectivity index (χ4n) is 2.20. The van der Waals surface area contributed by atoms with Crippen LogP contribution in [0.15, 0.2) is 36.5 Å². The molecule has 0 amide bonds. The Balaban J connectivity index is 3.23. The van der Waals surface area contributed by atoms with Gasteiger partial charge in [-0.2, -0.15) is 0 Å². The molecule has 0 aliphatic heterocycles. The van der Waals surface area contributed by atoms with Gasteiger partial charge in [-0.05, 0) is 44.9 Å². The highest BCUT2D eigenvalue weighted by Crippen LogP contribution is 2.07. The molecule has 0 bridgehead atoms. The first-order chi connectivity index (χ1) is 10.8. The number of allylic oxidation sites excluding steroid dienone is 5. The van der Waals surface area contributed by atoms with E-state index in [2.05, 4.69) is 31.2 Å². The highest BCUT2D eigenvalue weighted by atomic mass is 16.4. The molecular weight excluding hydrogens is 272 g/mol. The Bertz CT molecular complexity index is 327. The van der Waals surface area contributed by atoms with Gasteiger partial charge in [0.05, 0.1) is 6.42 Å². The van der Waals surface area contributed by atoms with Gasteiger partial charge < -0.3 is 5.11 Å². The van der Waals surface area contributed by atoms with E-state index < -0.39 is 5.97 Å². The minimum Gasteiger partial charge on any atom is -0.481 e. The van der Waals surface area contributed by atoms with Crippen molar-refractivity contribution >= 4 is 5.97 Å². The standard InChI is InChI=1S/C20H34O2/c1-2-3-4-5-6-7-8-9-10-11-12-13-14-15-16-17-18-19-20(21)22/h6-7,9-10,17-18H,2-5,8,11-16,19H2,1H3,(H,21,22). The van der Waals surface area contributed by atoms with Crippen molar-refractivity contribution in [2.24, 2.45) is 0 Å². The highest BCUT2D eigenvalue weighted by molar-refractivity contribution is 5.68. The van der Waals surface area contributed by atoms with Gasteiger partial charge in [-0.3, -0.25) is 4.79 Å². The van der Waals surface area contributed by atoms with Crippen LogP contribution in [0.5, 0.6) is 0 Å². The van der Waals surface area contributed by atoms with E-state index in [0.29, 0.717) is 0 Å². The summed E-state index contributed by atoms with van der Waals surface area (Å²) in [5.41, 5.74) is 0. The SMILES string of the molecule is CCCCCC=CCC=CCCCCCCC=CCC(=O)O. The molecule has 1 N–H and O–H groups in total. The number of carbonyl (C=O) groups is 1. The Morgan fingerprint density at radius 3 is 1.73 bits per heavy atom. The maximum atomic E-state index is 10.3. The number of carboxylic acid groups (broad SMARTS) is 1. The molecule has 126 valence electrons. The molecule has 0 aromatic rings. The Kier molecular flexibility index (Phi) is 16.7. The van der Waals surface area contributed by atoms with Gasteiger partial charge in [-0.1, -0.05) is 69.1 Å². The van der Waals surface area contributed by atoms with E-state index >= 15 is 0 Å². The topological polar surface area (TPSA) is 37.3 Å². The molecule has 0 fully saturated rings. The largest absolute Gasteiger partial charge is 0.481 e. The Hall–Kier alpha value is -1.31. The molecule has 0 aliphatic rings. The van der Waals surface area contributed by atoms with Gasteiger partial charge in [0.1, 0.15) is 0 Å². The Morgan fingerprint density at radius 2 is 1.23 bits per heavy atom. The number of rotatable bonds is 15. The number of hydrogen-bond acceptors (Lipinski definition) is 1. The number of hydrogen-bond donors (Lipinski definition) is 1. The maximum Gasteiger partial charge on any atom is 0.307 e. The fourth-order valence-corrected chi connectivity index (χ4v) is 2.20. The van der Waals surface area contributed by atoms with E-state index in [1.165, 1.54) is 57.8 Å². The lowest BCUT2D eigenvalue weighted by molar-refractivity contribution is -0.136. The third-order valence-corrected chi connectivity index (χ3v) is 3.53. The van der Waals surface area contributed by atoms with E-state index in [1.54, 1.807) is 6.08 Å². The van der Waals surface area contributed by atoms with Crippen LogP contribution in [0.25, 0.3) is 0 Å². The second kappa shape index (κ2) is 17.7. The van der Waals surface area contributed by atoms with Crippen molar-refractivity contribution in [3.63, 3.8) is 0 Å². The molecule has 0 radical (unpaired) electrons. The van der Waals surface area contributed by atoms with E-state index in [-0.39, 0.29) is 6.42 Å². The average molecular weight is 306 g/mol. The summed E-state index contributed by atoms with van der Waals surface area (Å²) in [6.45, 7) is 2.24. The van der Waals surface area contributed by atoms with Crippen molar-refractivity contribution in [2.75, 3.05) is 0 Å². The van der Waals surface area contributed by atoms with Crippen molar-refractivity contribution in [1.82, 2.24) is 0 Å². The number of aliphatic carboxylic acids is 1. The summed E-state index contributed by atoms with van der Waals surface area (Å²) in [5.74, 6) is -0.751. The minimum absolute atomic E-state index is 0.151. The molecule has 0 rings (SSSR count). The van der Waals surface area contributed by atoms with Crippen molar-refractivity contribution < 1.29 is 9.90 Å². The lowest BCUT2D eigenvalue weighted by Crippen LogP contribution is -1.89. The molecule has 0 aromatic carbocycles. The van der Waals surface area contributed by atoms with Gasteiger partial charge in [0.15, 0.2) is 0 Å². The zero-order valence-corrected chi connectivity index (χ0v) is 14.3. The summed E-state index contributed by atoms with van der Waals surface area (Å²) in [5, 5.41) is 8.48. The van der Waals surface area contributed by atoms with Crippen LogP contribution < -0.4 is 0 Å². The van der Waals surface area contributed by atoms with Gasteiger partial charge in [-0.15, -0.1) is 0 Å². The van der Waals surface area contributed by atoms with Crippen molar-refractivity contribution in [1.29, 1.82) is 0 Å². The van der Waals surface area contributed by atoms with Crippen molar-refractivity contribution in [2.45, 2.75) is 84.0 Å². The van der Waals surface area contributed by atoms with Gasteiger partial charge in [0.2, 0.25) is 0 Å². The van der Waals surface area contributed by atoms with E-state index in [1.807, 2.05) is 6.08 Å². The van der Waals surface area contributed by atoms with Gasteiger partial charge in [0, 0.05) is 0 Å². The lowest BCUT2D eigenvalue weighted by atomic mass is 10.1. The first-order valence-corrected chi connectivity index (χ1v) is 8.94. The maximum absolute atomic E-state index is 10.3. The zero-order chi connectivity index (χ0) is 16.3. The van der Waals surface area contributed by atoms with Crippen LogP contribution in [0.4, 0.5) is 0 Å². The molecule has 0 atom stereocenters. The quantitative estimate of drug-likeness (QED) is 0.279. The van der Waals surface area contributed by atoms with Crippen LogP contribution in [0.3, 0.4) is 0 Å². The van der Waals surface area contributed by atoms with Crippen LogP contribution in [0.2, 0.25) is 0 Å². The van der Waals surface area contributed by atoms with Crippen molar-refractivity contribution in [3.8, 4) is 0 Å². The molecule has 22 heavy (non-hydrogen) atoms. The number of carboxylic acids is 1. The van der Waals surface area contributed by atoms with Gasteiger partial charge >= 0.3 is 5.97 Å². The molecule has 0 saturated carbocycles. The van der Waals surface area contributed by atoms with E-state index in [9.17, 15) is 4.79 Å². The summed E-state index contributed by atoms with van der Waals surface area (Å²) in [7, 11) is 0. The second-order valence-corrected chi connectivity index (χ2v) is 5.74. The number of unbranched alkanes of at least 4 members (excludes halogenated alkanes) is 8. The lowest BCUT2D eigenvalue weighted by Gasteiger charge is -1.96. The van der Waals surface area contributed by atoms with Crippen LogP contribution in [-0.4, -0.2) is 11.1 Å². The van der Waals surface area contributed by atoms with E-state index in [4.69, 9.17) is 5.11 Å². The second-order valence-electron chi connectivity index (χ2n) is 5.74. The first-order valence-electron chi connectivity index (χ1n) is 8.94. The van der Waals surface area contributed by atoms with Gasteiger partial charge in [-0.25, -0.2) is 0 Å². The van der Waals surface area contributed by atoms with Crippen LogP contribution in [0, 0.1) is 0 Å². The summed E-state index contributed by atoms with van der Waals surface area (Å²) in [6, 6.07) is 0. The third kappa shape index (κ3) is 18.7. The molecule has 0 spiro atoms. The van der Waals surface area contributed by atoms with Crippen LogP contribution >= 0.6 is 0 Å². The predicted octanol–water partition coefficient (Wildman–Crippen LogP) is 6.44. The fraction of sp³-hybridized carbons (Fsp3) is 0.650. The highest BCUT2D eigenvalue weighted by Gasteiger charge is 1.90. The summed E-state index contributed by atoms with van der Waals surface area (Å²) >= 11 is 0.